The van der Waals surface area contributed by atoms with Gasteiger partial charge < -0.3 is 0 Å². The van der Waals surface area contributed by atoms with Gasteiger partial charge in [0.1, 0.15) is 0 Å². The van der Waals surface area contributed by atoms with Crippen LogP contribution in [0.5, 0.6) is 5.75 Å². The predicted molar refractivity (Wildman–Crippen MR) is 58.6 cm³/mol. The minimum atomic E-state index is 0.895. The lowest BCUT2D eigenvalue weighted by Gasteiger charge is -2.03. The van der Waals surface area contributed by atoms with E-state index in [1.54, 1.807) is 4.73 Å². The summed E-state index contributed by atoms with van der Waals surface area (Å²) in [5.74, 6) is 0.895. The number of hydrogen-bond acceptors (Lipinski definition) is 1. The average molecular weight is 200 g/mol. The Kier molecular flexibility index (Phi) is 2.68. The molecule has 1 aromatic carbocycles. The third kappa shape index (κ3) is 2.15. The molecule has 0 spiro atoms. The average Bonchev–Trinajstić information content (AvgIpc) is 2.26. The van der Waals surface area contributed by atoms with Crippen LogP contribution in [0.4, 0.5) is 0 Å². The smallest absolute Gasteiger partial charge is 0.223 e. The molecule has 0 amide bonds. The van der Waals surface area contributed by atoms with Gasteiger partial charge in [-0.25, -0.2) is 4.84 Å². The molecule has 0 aliphatic rings. The molecule has 0 aliphatic carbocycles. The fraction of sp³-hybridized carbons (Fsp3) is 0.154. The molecule has 76 valence electrons. The minimum Gasteiger partial charge on any atom is -0.231 e. The molecule has 0 fully saturated rings. The molecule has 2 heteroatoms. The highest BCUT2D eigenvalue weighted by Crippen LogP contribution is 2.19. The molecule has 0 unspecified atom stereocenters. The molecule has 2 aromatic rings. The van der Waals surface area contributed by atoms with Gasteiger partial charge in [0, 0.05) is 22.4 Å². The topological polar surface area (TPSA) is 13.1 Å². The summed E-state index contributed by atoms with van der Waals surface area (Å²) in [5, 5.41) is 0. The van der Waals surface area contributed by atoms with Crippen LogP contribution in [0, 0.1) is 13.8 Å². The van der Waals surface area contributed by atoms with Gasteiger partial charge in [-0.1, -0.05) is 18.2 Å². The van der Waals surface area contributed by atoms with E-state index in [0.717, 1.165) is 5.75 Å². The van der Waals surface area contributed by atoms with E-state index < -0.39 is 0 Å². The van der Waals surface area contributed by atoms with Crippen molar-refractivity contribution in [3.63, 3.8) is 0 Å². The highest BCUT2D eigenvalue weighted by Gasteiger charge is 2.07. The Labute approximate surface area is 89.7 Å². The van der Waals surface area contributed by atoms with Crippen molar-refractivity contribution >= 4 is 0 Å². The molecule has 0 aliphatic heterocycles. The van der Waals surface area contributed by atoms with Crippen molar-refractivity contribution in [3.05, 3.63) is 59.9 Å². The summed E-state index contributed by atoms with van der Waals surface area (Å²) in [6.45, 7) is 4.14. The Bertz CT molecular complexity index is 451. The van der Waals surface area contributed by atoms with Crippen LogP contribution in [-0.4, -0.2) is 0 Å². The van der Waals surface area contributed by atoms with Gasteiger partial charge in [0.25, 0.3) is 0 Å². The van der Waals surface area contributed by atoms with Crippen LogP contribution in [-0.2, 0) is 0 Å². The Morgan fingerprint density at radius 2 is 1.67 bits per heavy atom. The van der Waals surface area contributed by atoms with E-state index in [1.807, 2.05) is 42.7 Å². The van der Waals surface area contributed by atoms with E-state index >= 15 is 0 Å². The van der Waals surface area contributed by atoms with Crippen molar-refractivity contribution in [2.24, 2.45) is 0 Å². The van der Waals surface area contributed by atoms with Gasteiger partial charge in [0.2, 0.25) is 18.1 Å². The summed E-state index contributed by atoms with van der Waals surface area (Å²) in [5.41, 5.74) is 2.41. The summed E-state index contributed by atoms with van der Waals surface area (Å²) in [6.07, 6.45) is 3.75. The Morgan fingerprint density at radius 3 is 2.40 bits per heavy atom. The predicted octanol–water partition coefficient (Wildman–Crippen LogP) is 2.43. The van der Waals surface area contributed by atoms with Crippen molar-refractivity contribution in [1.29, 1.82) is 0 Å². The molecule has 1 aromatic heterocycles. The molecular formula is C13H14NO+. The maximum atomic E-state index is 5.71. The molecule has 0 N–H and O–H groups in total. The van der Waals surface area contributed by atoms with Gasteiger partial charge in [-0.05, 0) is 25.5 Å². The van der Waals surface area contributed by atoms with Gasteiger partial charge in [-0.2, -0.15) is 0 Å². The maximum Gasteiger partial charge on any atom is 0.223 e. The monoisotopic (exact) mass is 200 g/mol. The van der Waals surface area contributed by atoms with Gasteiger partial charge in [0.05, 0.1) is 0 Å². The van der Waals surface area contributed by atoms with Gasteiger partial charge in [-0.3, -0.25) is 0 Å². The van der Waals surface area contributed by atoms with Crippen molar-refractivity contribution in [2.75, 3.05) is 0 Å². The largest absolute Gasteiger partial charge is 0.231 e. The minimum absolute atomic E-state index is 0.895. The van der Waals surface area contributed by atoms with Crippen molar-refractivity contribution in [2.45, 2.75) is 13.8 Å². The van der Waals surface area contributed by atoms with E-state index in [1.165, 1.54) is 11.1 Å². The van der Waals surface area contributed by atoms with Crippen molar-refractivity contribution < 1.29 is 9.57 Å². The fourth-order valence-corrected chi connectivity index (χ4v) is 1.38. The fourth-order valence-electron chi connectivity index (χ4n) is 1.38. The molecule has 0 saturated heterocycles. The number of rotatable bonds is 2. The first kappa shape index (κ1) is 9.71. The molecule has 15 heavy (non-hydrogen) atoms. The second-order valence-electron chi connectivity index (χ2n) is 3.52. The Balaban J connectivity index is 2.29. The molecule has 2 nitrogen and oxygen atoms in total. The van der Waals surface area contributed by atoms with Crippen molar-refractivity contribution in [3.8, 4) is 5.75 Å². The first-order valence-corrected chi connectivity index (χ1v) is 4.98. The lowest BCUT2D eigenvalue weighted by atomic mass is 10.1. The Hall–Kier alpha value is -1.83. The zero-order valence-electron chi connectivity index (χ0n) is 8.97. The summed E-state index contributed by atoms with van der Waals surface area (Å²) in [4.78, 5) is 5.71. The maximum absolute atomic E-state index is 5.71. The lowest BCUT2D eigenvalue weighted by molar-refractivity contribution is -0.875. The van der Waals surface area contributed by atoms with Crippen molar-refractivity contribution in [1.82, 2.24) is 0 Å². The molecule has 0 atom stereocenters. The molecule has 1 heterocycles. The standard InChI is InChI=1S/C13H14NO/c1-11-7-6-8-13(12(11)2)15-14-9-4-3-5-10-14/h3-10H,1-2H3/q+1. The van der Waals surface area contributed by atoms with Gasteiger partial charge >= 0.3 is 0 Å². The van der Waals surface area contributed by atoms with E-state index in [0.29, 0.717) is 0 Å². The van der Waals surface area contributed by atoms with E-state index in [2.05, 4.69) is 19.9 Å². The molecular weight excluding hydrogens is 186 g/mol. The van der Waals surface area contributed by atoms with E-state index in [-0.39, 0.29) is 0 Å². The summed E-state index contributed by atoms with van der Waals surface area (Å²) in [7, 11) is 0. The molecule has 0 saturated carbocycles. The van der Waals surface area contributed by atoms with Crippen LogP contribution >= 0.6 is 0 Å². The third-order valence-corrected chi connectivity index (χ3v) is 2.45. The quantitative estimate of drug-likeness (QED) is 0.679. The molecule has 0 radical (unpaired) electrons. The van der Waals surface area contributed by atoms with Crippen LogP contribution in [0.2, 0.25) is 0 Å². The third-order valence-electron chi connectivity index (χ3n) is 2.45. The summed E-state index contributed by atoms with van der Waals surface area (Å²) >= 11 is 0. The van der Waals surface area contributed by atoms with Crippen LogP contribution in [0.25, 0.3) is 0 Å². The molecule has 0 bridgehead atoms. The zero-order valence-corrected chi connectivity index (χ0v) is 8.97. The number of benzene rings is 1. The zero-order chi connectivity index (χ0) is 10.7. The first-order chi connectivity index (χ1) is 7.27. The van der Waals surface area contributed by atoms with Crippen LogP contribution < -0.4 is 9.57 Å². The summed E-state index contributed by atoms with van der Waals surface area (Å²) in [6, 6.07) is 11.9. The normalized spacial score (nSPS) is 10.0. The van der Waals surface area contributed by atoms with E-state index in [9.17, 15) is 0 Å². The van der Waals surface area contributed by atoms with Crippen LogP contribution in [0.1, 0.15) is 11.1 Å². The second-order valence-corrected chi connectivity index (χ2v) is 3.52. The highest BCUT2D eigenvalue weighted by atomic mass is 16.7. The SMILES string of the molecule is Cc1cccc(O[n+]2ccccc2)c1C. The number of aromatic nitrogens is 1. The van der Waals surface area contributed by atoms with Gasteiger partial charge in [-0.15, -0.1) is 0 Å². The lowest BCUT2D eigenvalue weighted by Crippen LogP contribution is -2.38. The number of hydrogen-bond donors (Lipinski definition) is 0. The number of nitrogens with zero attached hydrogens (tertiary/aromatic N) is 1. The van der Waals surface area contributed by atoms with Gasteiger partial charge in [0.15, 0.2) is 0 Å². The summed E-state index contributed by atoms with van der Waals surface area (Å²) < 4.78 is 1.70. The molecule has 2 rings (SSSR count). The number of pyridine rings is 1. The Morgan fingerprint density at radius 1 is 0.933 bits per heavy atom. The highest BCUT2D eigenvalue weighted by molar-refractivity contribution is 5.37. The number of aryl methyl sites for hydroxylation is 1. The van der Waals surface area contributed by atoms with Crippen LogP contribution in [0.15, 0.2) is 48.8 Å². The van der Waals surface area contributed by atoms with E-state index in [4.69, 9.17) is 4.84 Å². The first-order valence-electron chi connectivity index (χ1n) is 4.98. The van der Waals surface area contributed by atoms with Crippen LogP contribution in [0.3, 0.4) is 0 Å². The second kappa shape index (κ2) is 4.13.